The fourth-order valence-electron chi connectivity index (χ4n) is 2.93. The molecule has 1 aliphatic heterocycles. The molecule has 3 heterocycles. The third-order valence-electron chi connectivity index (χ3n) is 4.23. The number of piperidine rings is 1. The first-order valence-electron chi connectivity index (χ1n) is 8.11. The van der Waals surface area contributed by atoms with Crippen LogP contribution in [-0.4, -0.2) is 36.7 Å². The molecule has 0 aliphatic carbocycles. The van der Waals surface area contributed by atoms with Crippen LogP contribution in [-0.2, 0) is 13.6 Å². The first-order chi connectivity index (χ1) is 11.2. The molecular formula is C17H26IN5S. The summed E-state index contributed by atoms with van der Waals surface area (Å²) in [5.74, 6) is 0.892. The minimum absolute atomic E-state index is 0. The molecule has 5 nitrogen and oxygen atoms in total. The summed E-state index contributed by atoms with van der Waals surface area (Å²) < 4.78 is 2.06. The molecule has 0 bridgehead atoms. The van der Waals surface area contributed by atoms with Gasteiger partial charge in [0.2, 0.25) is 0 Å². The second-order valence-corrected chi connectivity index (χ2v) is 6.89. The van der Waals surface area contributed by atoms with E-state index in [1.807, 2.05) is 25.4 Å². The van der Waals surface area contributed by atoms with Gasteiger partial charge < -0.3 is 20.1 Å². The van der Waals surface area contributed by atoms with Crippen LogP contribution in [0.1, 0.15) is 18.4 Å². The van der Waals surface area contributed by atoms with Crippen molar-refractivity contribution in [2.45, 2.75) is 25.4 Å². The molecule has 7 heteroatoms. The van der Waals surface area contributed by atoms with Gasteiger partial charge in [0.05, 0.1) is 5.00 Å². The highest BCUT2D eigenvalue weighted by Crippen LogP contribution is 2.24. The van der Waals surface area contributed by atoms with Crippen molar-refractivity contribution >= 4 is 46.3 Å². The van der Waals surface area contributed by atoms with Crippen LogP contribution in [0.5, 0.6) is 0 Å². The van der Waals surface area contributed by atoms with Crippen LogP contribution in [0.15, 0.2) is 41.0 Å². The number of hydrogen-bond acceptors (Lipinski definition) is 3. The highest BCUT2D eigenvalue weighted by atomic mass is 127. The largest absolute Gasteiger partial charge is 0.363 e. The van der Waals surface area contributed by atoms with Crippen molar-refractivity contribution in [3.63, 3.8) is 0 Å². The van der Waals surface area contributed by atoms with Crippen molar-refractivity contribution in [3.8, 4) is 0 Å². The van der Waals surface area contributed by atoms with Crippen molar-refractivity contribution in [2.24, 2.45) is 12.0 Å². The maximum absolute atomic E-state index is 4.35. The summed E-state index contributed by atoms with van der Waals surface area (Å²) in [5.41, 5.74) is 1.27. The Bertz CT molecular complexity index is 629. The summed E-state index contributed by atoms with van der Waals surface area (Å²) in [6, 6.07) is 6.95. The van der Waals surface area contributed by atoms with Crippen LogP contribution >= 0.6 is 35.3 Å². The van der Waals surface area contributed by atoms with Gasteiger partial charge in [0.1, 0.15) is 0 Å². The van der Waals surface area contributed by atoms with Gasteiger partial charge in [0.25, 0.3) is 0 Å². The van der Waals surface area contributed by atoms with Crippen LogP contribution < -0.4 is 15.5 Å². The molecule has 2 aromatic heterocycles. The van der Waals surface area contributed by atoms with Crippen LogP contribution in [0.4, 0.5) is 5.00 Å². The lowest BCUT2D eigenvalue weighted by Gasteiger charge is -2.33. The molecule has 0 saturated carbocycles. The predicted octanol–water partition coefficient (Wildman–Crippen LogP) is 3.04. The van der Waals surface area contributed by atoms with E-state index in [1.54, 1.807) is 0 Å². The molecule has 0 amide bonds. The average molecular weight is 459 g/mol. The molecule has 3 rings (SSSR count). The molecule has 0 aromatic carbocycles. The second kappa shape index (κ2) is 9.31. The third-order valence-corrected chi connectivity index (χ3v) is 5.16. The van der Waals surface area contributed by atoms with Crippen molar-refractivity contribution in [1.29, 1.82) is 0 Å². The van der Waals surface area contributed by atoms with E-state index >= 15 is 0 Å². The molecule has 1 fully saturated rings. The number of guanidine groups is 1. The van der Waals surface area contributed by atoms with Gasteiger partial charge in [-0.05, 0) is 42.0 Å². The summed E-state index contributed by atoms with van der Waals surface area (Å²) in [4.78, 5) is 6.82. The fourth-order valence-corrected chi connectivity index (χ4v) is 3.72. The number of nitrogens with one attached hydrogen (secondary N) is 2. The number of aromatic nitrogens is 1. The number of hydrogen-bond donors (Lipinski definition) is 2. The van der Waals surface area contributed by atoms with E-state index in [0.29, 0.717) is 6.04 Å². The molecular weight excluding hydrogens is 433 g/mol. The Morgan fingerprint density at radius 3 is 2.71 bits per heavy atom. The Balaban J connectivity index is 0.00000208. The SMILES string of the molecule is CN=C(NCc1ccn(C)c1)NC1CCN(c2cccs2)CC1.I. The molecule has 24 heavy (non-hydrogen) atoms. The maximum Gasteiger partial charge on any atom is 0.191 e. The molecule has 1 aliphatic rings. The predicted molar refractivity (Wildman–Crippen MR) is 114 cm³/mol. The third kappa shape index (κ3) is 5.14. The molecule has 2 N–H and O–H groups in total. The number of anilines is 1. The Hall–Kier alpha value is -1.22. The number of aryl methyl sites for hydroxylation is 1. The lowest BCUT2D eigenvalue weighted by molar-refractivity contribution is 0.463. The lowest BCUT2D eigenvalue weighted by Crippen LogP contribution is -2.48. The number of thiophene rings is 1. The summed E-state index contributed by atoms with van der Waals surface area (Å²) in [5, 5.41) is 10.5. The summed E-state index contributed by atoms with van der Waals surface area (Å²) in [6.07, 6.45) is 6.47. The summed E-state index contributed by atoms with van der Waals surface area (Å²) in [6.45, 7) is 3.01. The number of rotatable bonds is 4. The zero-order valence-electron chi connectivity index (χ0n) is 14.2. The van der Waals surface area contributed by atoms with Crippen LogP contribution in [0.2, 0.25) is 0 Å². The minimum atomic E-state index is 0. The van der Waals surface area contributed by atoms with E-state index in [1.165, 1.54) is 10.6 Å². The van der Waals surface area contributed by atoms with Gasteiger partial charge in [-0.2, -0.15) is 0 Å². The average Bonchev–Trinajstić information content (AvgIpc) is 3.24. The van der Waals surface area contributed by atoms with E-state index in [0.717, 1.165) is 38.4 Å². The van der Waals surface area contributed by atoms with Crippen molar-refractivity contribution in [1.82, 2.24) is 15.2 Å². The van der Waals surface area contributed by atoms with Crippen molar-refractivity contribution < 1.29 is 0 Å². The van der Waals surface area contributed by atoms with Gasteiger partial charge in [-0.3, -0.25) is 4.99 Å². The minimum Gasteiger partial charge on any atom is -0.363 e. The Morgan fingerprint density at radius 1 is 1.33 bits per heavy atom. The Morgan fingerprint density at radius 2 is 2.12 bits per heavy atom. The summed E-state index contributed by atoms with van der Waals surface area (Å²) >= 11 is 1.82. The first kappa shape index (κ1) is 19.1. The van der Waals surface area contributed by atoms with E-state index in [9.17, 15) is 0 Å². The van der Waals surface area contributed by atoms with Crippen LogP contribution in [0, 0.1) is 0 Å². The molecule has 0 spiro atoms. The van der Waals surface area contributed by atoms with Crippen LogP contribution in [0.25, 0.3) is 0 Å². The van der Waals surface area contributed by atoms with Crippen LogP contribution in [0.3, 0.4) is 0 Å². The van der Waals surface area contributed by atoms with Crippen molar-refractivity contribution in [2.75, 3.05) is 25.0 Å². The standard InChI is InChI=1S/C17H25N5S.HI/c1-18-17(19-12-14-5-8-21(2)13-14)20-15-6-9-22(10-7-15)16-4-3-11-23-16;/h3-5,8,11,13,15H,6-7,9-10,12H2,1-2H3,(H2,18,19,20);1H. The monoisotopic (exact) mass is 459 g/mol. The number of nitrogens with zero attached hydrogens (tertiary/aromatic N) is 3. The van der Waals surface area contributed by atoms with E-state index < -0.39 is 0 Å². The first-order valence-corrected chi connectivity index (χ1v) is 8.99. The zero-order valence-corrected chi connectivity index (χ0v) is 17.4. The molecule has 0 atom stereocenters. The van der Waals surface area contributed by atoms with Gasteiger partial charge in [-0.25, -0.2) is 0 Å². The topological polar surface area (TPSA) is 44.6 Å². The highest BCUT2D eigenvalue weighted by molar-refractivity contribution is 14.0. The van der Waals surface area contributed by atoms with Gasteiger partial charge in [0.15, 0.2) is 5.96 Å². The van der Waals surface area contributed by atoms with E-state index in [2.05, 4.69) is 61.1 Å². The molecule has 1 saturated heterocycles. The van der Waals surface area contributed by atoms with Gasteiger partial charge >= 0.3 is 0 Å². The quantitative estimate of drug-likeness (QED) is 0.420. The number of halogens is 1. The van der Waals surface area contributed by atoms with E-state index in [4.69, 9.17) is 0 Å². The maximum atomic E-state index is 4.35. The highest BCUT2D eigenvalue weighted by Gasteiger charge is 2.20. The van der Waals surface area contributed by atoms with Gasteiger partial charge in [-0.15, -0.1) is 35.3 Å². The van der Waals surface area contributed by atoms with E-state index in [-0.39, 0.29) is 24.0 Å². The van der Waals surface area contributed by atoms with Gasteiger partial charge in [0, 0.05) is 52.2 Å². The summed E-state index contributed by atoms with van der Waals surface area (Å²) in [7, 11) is 3.87. The smallest absolute Gasteiger partial charge is 0.191 e. The lowest BCUT2D eigenvalue weighted by atomic mass is 10.1. The zero-order chi connectivity index (χ0) is 16.1. The van der Waals surface area contributed by atoms with Gasteiger partial charge in [-0.1, -0.05) is 0 Å². The second-order valence-electron chi connectivity index (χ2n) is 5.97. The number of aliphatic imine (C=N–C) groups is 1. The fraction of sp³-hybridized carbons (Fsp3) is 0.471. The normalized spacial score (nSPS) is 15.9. The molecule has 2 aromatic rings. The molecule has 0 unspecified atom stereocenters. The Labute approximate surface area is 165 Å². The van der Waals surface area contributed by atoms with Crippen molar-refractivity contribution in [3.05, 3.63) is 41.5 Å². The molecule has 132 valence electrons. The Kier molecular flexibility index (Phi) is 7.41. The molecule has 0 radical (unpaired) electrons.